The largest absolute Gasteiger partial charge is 0.369 e. The highest BCUT2D eigenvalue weighted by molar-refractivity contribution is 7.08. The van der Waals surface area contributed by atoms with E-state index in [1.807, 2.05) is 16.8 Å². The number of nitrogens with two attached hydrogens (primary N) is 1. The van der Waals surface area contributed by atoms with E-state index in [-0.39, 0.29) is 5.69 Å². The minimum atomic E-state index is -0.442. The van der Waals surface area contributed by atoms with Crippen molar-refractivity contribution in [2.24, 2.45) is 11.7 Å². The molecule has 5 nitrogen and oxygen atoms in total. The number of amides is 1. The summed E-state index contributed by atoms with van der Waals surface area (Å²) in [7, 11) is 0. The number of nitro groups is 1. The average molecular weight is 316 g/mol. The summed E-state index contributed by atoms with van der Waals surface area (Å²) in [6.07, 6.45) is 2.90. The molecule has 1 amide bonds. The second-order valence-corrected chi connectivity index (χ2v) is 6.46. The van der Waals surface area contributed by atoms with Gasteiger partial charge >= 0.3 is 0 Å². The lowest BCUT2D eigenvalue weighted by atomic mass is 9.91. The third-order valence-corrected chi connectivity index (χ3v) is 4.75. The van der Waals surface area contributed by atoms with Gasteiger partial charge in [-0.1, -0.05) is 18.9 Å². The first-order valence-electron chi connectivity index (χ1n) is 7.16. The van der Waals surface area contributed by atoms with Gasteiger partial charge in [0.25, 0.3) is 5.69 Å². The van der Waals surface area contributed by atoms with Crippen LogP contribution < -0.4 is 5.73 Å². The van der Waals surface area contributed by atoms with Crippen molar-refractivity contribution >= 4 is 22.9 Å². The van der Waals surface area contributed by atoms with E-state index in [2.05, 4.69) is 0 Å². The van der Waals surface area contributed by atoms with Crippen LogP contribution in [0.5, 0.6) is 0 Å². The molecule has 0 saturated heterocycles. The van der Waals surface area contributed by atoms with Crippen LogP contribution in [0, 0.1) is 16.0 Å². The second-order valence-electron chi connectivity index (χ2n) is 5.68. The molecule has 1 saturated carbocycles. The lowest BCUT2D eigenvalue weighted by Gasteiger charge is -2.14. The highest BCUT2D eigenvalue weighted by Crippen LogP contribution is 2.40. The number of primary amides is 1. The lowest BCUT2D eigenvalue weighted by molar-refractivity contribution is -0.384. The summed E-state index contributed by atoms with van der Waals surface area (Å²) in [5, 5.41) is 15.1. The number of benzene rings is 1. The Morgan fingerprint density at radius 3 is 2.73 bits per heavy atom. The van der Waals surface area contributed by atoms with Gasteiger partial charge in [-0.25, -0.2) is 0 Å². The Kier molecular flexibility index (Phi) is 3.94. The van der Waals surface area contributed by atoms with Gasteiger partial charge < -0.3 is 5.73 Å². The molecule has 1 aromatic carbocycles. The molecular formula is C16H16N2O3S. The summed E-state index contributed by atoms with van der Waals surface area (Å²) in [6, 6.07) is 6.86. The van der Waals surface area contributed by atoms with Crippen LogP contribution in [0.2, 0.25) is 0 Å². The maximum absolute atomic E-state index is 11.7. The minimum absolute atomic E-state index is 0.0259. The molecule has 1 heterocycles. The van der Waals surface area contributed by atoms with Gasteiger partial charge in [0.15, 0.2) is 0 Å². The quantitative estimate of drug-likeness (QED) is 0.651. The summed E-state index contributed by atoms with van der Waals surface area (Å²) in [5.41, 5.74) is 7.56. The molecule has 0 spiro atoms. The van der Waals surface area contributed by atoms with Gasteiger partial charge in [0, 0.05) is 6.07 Å². The zero-order chi connectivity index (χ0) is 15.7. The molecule has 1 unspecified atom stereocenters. The maximum Gasteiger partial charge on any atom is 0.277 e. The predicted octanol–water partition coefficient (Wildman–Crippen LogP) is 3.69. The third-order valence-electron chi connectivity index (χ3n) is 4.06. The summed E-state index contributed by atoms with van der Waals surface area (Å²) >= 11 is 1.49. The standard InChI is InChI=1S/C16H16N2O3S/c17-16(19)14(7-10-1-2-10)11-3-4-13(12-5-6-22-9-12)15(8-11)18(20)21/h3-6,8-10,14H,1-2,7H2,(H2,17,19). The first kappa shape index (κ1) is 14.7. The predicted molar refractivity (Wildman–Crippen MR) is 85.7 cm³/mol. The van der Waals surface area contributed by atoms with Gasteiger partial charge in [-0.2, -0.15) is 11.3 Å². The Morgan fingerprint density at radius 2 is 2.18 bits per heavy atom. The molecule has 1 aromatic heterocycles. The van der Waals surface area contributed by atoms with E-state index in [1.54, 1.807) is 12.1 Å². The molecule has 0 radical (unpaired) electrons. The number of hydrogen-bond donors (Lipinski definition) is 1. The van der Waals surface area contributed by atoms with E-state index in [0.29, 0.717) is 23.5 Å². The van der Waals surface area contributed by atoms with Crippen LogP contribution in [0.1, 0.15) is 30.7 Å². The number of hydrogen-bond acceptors (Lipinski definition) is 4. The lowest BCUT2D eigenvalue weighted by Crippen LogP contribution is -2.22. The van der Waals surface area contributed by atoms with E-state index in [9.17, 15) is 14.9 Å². The fourth-order valence-corrected chi connectivity index (χ4v) is 3.34. The zero-order valence-corrected chi connectivity index (χ0v) is 12.7. The van der Waals surface area contributed by atoms with Gasteiger partial charge in [0.2, 0.25) is 5.91 Å². The van der Waals surface area contributed by atoms with Crippen LogP contribution in [0.15, 0.2) is 35.0 Å². The fourth-order valence-electron chi connectivity index (χ4n) is 2.68. The van der Waals surface area contributed by atoms with Crippen molar-refractivity contribution in [2.75, 3.05) is 0 Å². The van der Waals surface area contributed by atoms with Gasteiger partial charge in [-0.15, -0.1) is 0 Å². The molecule has 2 aromatic rings. The van der Waals surface area contributed by atoms with E-state index in [0.717, 1.165) is 18.4 Å². The number of carbonyl (C=O) groups excluding carboxylic acids is 1. The molecule has 1 fully saturated rings. The Hall–Kier alpha value is -2.21. The highest BCUT2D eigenvalue weighted by atomic mass is 32.1. The molecule has 6 heteroatoms. The molecule has 2 N–H and O–H groups in total. The fraction of sp³-hybridized carbons (Fsp3) is 0.312. The number of carbonyl (C=O) groups is 1. The molecule has 1 atom stereocenters. The van der Waals surface area contributed by atoms with E-state index in [4.69, 9.17) is 5.73 Å². The summed E-state index contributed by atoms with van der Waals surface area (Å²) in [6.45, 7) is 0. The Morgan fingerprint density at radius 1 is 1.41 bits per heavy atom. The van der Waals surface area contributed by atoms with Crippen LogP contribution >= 0.6 is 11.3 Å². The smallest absolute Gasteiger partial charge is 0.277 e. The average Bonchev–Trinajstić information content (AvgIpc) is 3.15. The van der Waals surface area contributed by atoms with E-state index >= 15 is 0 Å². The van der Waals surface area contributed by atoms with Gasteiger partial charge in [0.1, 0.15) is 0 Å². The molecule has 1 aliphatic rings. The van der Waals surface area contributed by atoms with Crippen molar-refractivity contribution in [1.82, 2.24) is 0 Å². The normalized spacial score (nSPS) is 15.5. The van der Waals surface area contributed by atoms with Crippen LogP contribution in [-0.2, 0) is 4.79 Å². The monoisotopic (exact) mass is 316 g/mol. The van der Waals surface area contributed by atoms with Gasteiger partial charge in [-0.05, 0) is 46.4 Å². The topological polar surface area (TPSA) is 86.2 Å². The second kappa shape index (κ2) is 5.88. The summed E-state index contributed by atoms with van der Waals surface area (Å²) < 4.78 is 0. The SMILES string of the molecule is NC(=O)C(CC1CC1)c1ccc(-c2ccsc2)c([N+](=O)[O-])c1. The molecule has 1 aliphatic carbocycles. The maximum atomic E-state index is 11.7. The minimum Gasteiger partial charge on any atom is -0.369 e. The number of rotatable bonds is 6. The summed E-state index contributed by atoms with van der Waals surface area (Å²) in [4.78, 5) is 22.7. The first-order valence-corrected chi connectivity index (χ1v) is 8.10. The Bertz CT molecular complexity index is 708. The zero-order valence-electron chi connectivity index (χ0n) is 11.9. The van der Waals surface area contributed by atoms with Gasteiger partial charge in [-0.3, -0.25) is 14.9 Å². The molecule has 0 bridgehead atoms. The molecule has 0 aliphatic heterocycles. The van der Waals surface area contributed by atoms with Crippen molar-refractivity contribution < 1.29 is 9.72 Å². The number of thiophene rings is 1. The van der Waals surface area contributed by atoms with Crippen molar-refractivity contribution in [3.05, 3.63) is 50.7 Å². The van der Waals surface area contributed by atoms with Crippen LogP contribution in [0.4, 0.5) is 5.69 Å². The van der Waals surface area contributed by atoms with Crippen molar-refractivity contribution in [1.29, 1.82) is 0 Å². The molecule has 3 rings (SSSR count). The Labute approximate surface area is 131 Å². The van der Waals surface area contributed by atoms with Crippen LogP contribution in [-0.4, -0.2) is 10.8 Å². The van der Waals surface area contributed by atoms with E-state index < -0.39 is 16.7 Å². The Balaban J connectivity index is 2.00. The third kappa shape index (κ3) is 3.01. The first-order chi connectivity index (χ1) is 10.6. The van der Waals surface area contributed by atoms with Crippen molar-refractivity contribution in [3.63, 3.8) is 0 Å². The highest BCUT2D eigenvalue weighted by Gasteiger charge is 2.30. The number of nitrogens with zero attached hydrogens (tertiary/aromatic N) is 1. The van der Waals surface area contributed by atoms with Gasteiger partial charge in [0.05, 0.1) is 16.4 Å². The van der Waals surface area contributed by atoms with Crippen molar-refractivity contribution in [2.45, 2.75) is 25.2 Å². The molecule has 22 heavy (non-hydrogen) atoms. The molecular weight excluding hydrogens is 300 g/mol. The number of nitro benzene ring substituents is 1. The van der Waals surface area contributed by atoms with Crippen LogP contribution in [0.3, 0.4) is 0 Å². The molecule has 114 valence electrons. The van der Waals surface area contributed by atoms with Crippen molar-refractivity contribution in [3.8, 4) is 11.1 Å². The van der Waals surface area contributed by atoms with Crippen LogP contribution in [0.25, 0.3) is 11.1 Å². The summed E-state index contributed by atoms with van der Waals surface area (Å²) in [5.74, 6) is -0.333. The van der Waals surface area contributed by atoms with E-state index in [1.165, 1.54) is 17.4 Å².